The summed E-state index contributed by atoms with van der Waals surface area (Å²) in [7, 11) is 0. The quantitative estimate of drug-likeness (QED) is 0.186. The SMILES string of the molecule is c1ccc(-c2nc(-c3ccc4cc(-c5cccc6ccc7c8cccnc8oc7c56)ccc4c3)nc(-c3cccc4oc5ccccc5c34)n2)cc1. The van der Waals surface area contributed by atoms with E-state index in [9.17, 15) is 0 Å². The van der Waals surface area contributed by atoms with Crippen LogP contribution in [-0.2, 0) is 0 Å². The molecular formula is C46H26N4O2. The lowest BCUT2D eigenvalue weighted by molar-refractivity contribution is 0.657. The third-order valence-electron chi connectivity index (χ3n) is 9.98. The lowest BCUT2D eigenvalue weighted by Gasteiger charge is -2.11. The molecule has 0 aliphatic rings. The zero-order valence-corrected chi connectivity index (χ0v) is 27.6. The summed E-state index contributed by atoms with van der Waals surface area (Å²) in [4.78, 5) is 19.6. The molecule has 0 saturated heterocycles. The molecule has 4 heterocycles. The van der Waals surface area contributed by atoms with E-state index >= 15 is 0 Å². The molecule has 11 aromatic rings. The fourth-order valence-corrected chi connectivity index (χ4v) is 7.53. The molecule has 0 saturated carbocycles. The Morgan fingerprint density at radius 1 is 0.385 bits per heavy atom. The van der Waals surface area contributed by atoms with Crippen LogP contribution in [0.5, 0.6) is 0 Å². The van der Waals surface area contributed by atoms with Crippen molar-refractivity contribution in [2.75, 3.05) is 0 Å². The molecule has 0 unspecified atom stereocenters. The second-order valence-corrected chi connectivity index (χ2v) is 13.0. The molecule has 0 radical (unpaired) electrons. The summed E-state index contributed by atoms with van der Waals surface area (Å²) in [6, 6.07) is 51.9. The minimum absolute atomic E-state index is 0.597. The highest BCUT2D eigenvalue weighted by Crippen LogP contribution is 2.40. The second-order valence-electron chi connectivity index (χ2n) is 13.0. The van der Waals surface area contributed by atoms with E-state index in [1.165, 1.54) is 0 Å². The number of hydrogen-bond acceptors (Lipinski definition) is 6. The molecule has 0 spiro atoms. The molecule has 242 valence electrons. The molecule has 0 fully saturated rings. The van der Waals surface area contributed by atoms with Gasteiger partial charge in [0, 0.05) is 49.8 Å². The maximum atomic E-state index is 6.37. The van der Waals surface area contributed by atoms with Crippen LogP contribution in [0.3, 0.4) is 0 Å². The smallest absolute Gasteiger partial charge is 0.227 e. The molecule has 52 heavy (non-hydrogen) atoms. The Morgan fingerprint density at radius 2 is 1.08 bits per heavy atom. The van der Waals surface area contributed by atoms with Crippen LogP contribution in [0.15, 0.2) is 167 Å². The van der Waals surface area contributed by atoms with Gasteiger partial charge in [-0.2, -0.15) is 0 Å². The predicted molar refractivity (Wildman–Crippen MR) is 209 cm³/mol. The van der Waals surface area contributed by atoms with Gasteiger partial charge in [-0.25, -0.2) is 19.9 Å². The highest BCUT2D eigenvalue weighted by molar-refractivity contribution is 6.18. The first-order chi connectivity index (χ1) is 25.7. The van der Waals surface area contributed by atoms with E-state index in [0.717, 1.165) is 87.7 Å². The monoisotopic (exact) mass is 666 g/mol. The fourth-order valence-electron chi connectivity index (χ4n) is 7.53. The van der Waals surface area contributed by atoms with Crippen molar-refractivity contribution < 1.29 is 8.83 Å². The molecule has 0 bridgehead atoms. The minimum atomic E-state index is 0.597. The summed E-state index contributed by atoms with van der Waals surface area (Å²) in [5.74, 6) is 1.82. The first-order valence-electron chi connectivity index (χ1n) is 17.2. The molecule has 0 aliphatic carbocycles. The van der Waals surface area contributed by atoms with E-state index in [4.69, 9.17) is 23.8 Å². The van der Waals surface area contributed by atoms with E-state index in [2.05, 4.69) is 89.9 Å². The normalized spacial score (nSPS) is 11.8. The summed E-state index contributed by atoms with van der Waals surface area (Å²) in [6.07, 6.45) is 1.77. The zero-order chi connectivity index (χ0) is 34.2. The van der Waals surface area contributed by atoms with Crippen molar-refractivity contribution in [2.45, 2.75) is 0 Å². The van der Waals surface area contributed by atoms with Gasteiger partial charge in [0.1, 0.15) is 16.7 Å². The van der Waals surface area contributed by atoms with Crippen LogP contribution >= 0.6 is 0 Å². The van der Waals surface area contributed by atoms with Crippen LogP contribution in [0.25, 0.3) is 111 Å². The Balaban J connectivity index is 1.06. The average Bonchev–Trinajstić information content (AvgIpc) is 3.79. The van der Waals surface area contributed by atoms with Crippen LogP contribution in [0.2, 0.25) is 0 Å². The van der Waals surface area contributed by atoms with Crippen molar-refractivity contribution in [2.24, 2.45) is 0 Å². The Bertz CT molecular complexity index is 3200. The predicted octanol–water partition coefficient (Wildman–Crippen LogP) is 12.0. The summed E-state index contributed by atoms with van der Waals surface area (Å²) in [5.41, 5.74) is 8.10. The van der Waals surface area contributed by atoms with Gasteiger partial charge >= 0.3 is 0 Å². The Morgan fingerprint density at radius 3 is 1.98 bits per heavy atom. The lowest BCUT2D eigenvalue weighted by Crippen LogP contribution is -2.00. The number of fused-ring (bicyclic) bond motifs is 9. The molecule has 4 aromatic heterocycles. The lowest BCUT2D eigenvalue weighted by atomic mass is 9.94. The Kier molecular flexibility index (Phi) is 6.15. The van der Waals surface area contributed by atoms with E-state index in [0.29, 0.717) is 23.2 Å². The highest BCUT2D eigenvalue weighted by Gasteiger charge is 2.19. The van der Waals surface area contributed by atoms with Crippen molar-refractivity contribution in [3.8, 4) is 45.3 Å². The van der Waals surface area contributed by atoms with Crippen molar-refractivity contribution >= 4 is 65.6 Å². The topological polar surface area (TPSA) is 77.8 Å². The third-order valence-corrected chi connectivity index (χ3v) is 9.98. The van der Waals surface area contributed by atoms with Gasteiger partial charge in [-0.15, -0.1) is 0 Å². The summed E-state index contributed by atoms with van der Waals surface area (Å²) >= 11 is 0. The number of rotatable bonds is 4. The van der Waals surface area contributed by atoms with E-state index in [-0.39, 0.29) is 0 Å². The standard InChI is InChI=1S/C46H26N4O2/c1-2-9-28(10-3-1)43-48-44(50-45(49-43)37-14-7-17-39-41(37)36-12-4-5-16-38(36)51-39)32-21-19-29-25-31(20-18-30(29)26-32)33-13-6-11-27-22-23-34-35-15-8-24-47-46(35)52-42(34)40(27)33/h1-26H. The molecule has 6 heteroatoms. The average molecular weight is 667 g/mol. The summed E-state index contributed by atoms with van der Waals surface area (Å²) in [5, 5.41) is 8.52. The van der Waals surface area contributed by atoms with Crippen LogP contribution < -0.4 is 0 Å². The fraction of sp³-hybridized carbons (Fsp3) is 0. The van der Waals surface area contributed by atoms with Gasteiger partial charge in [0.25, 0.3) is 0 Å². The van der Waals surface area contributed by atoms with Gasteiger partial charge in [-0.3, -0.25) is 0 Å². The summed E-state index contributed by atoms with van der Waals surface area (Å²) in [6.45, 7) is 0. The van der Waals surface area contributed by atoms with Gasteiger partial charge in [0.15, 0.2) is 17.5 Å². The number of nitrogens with zero attached hydrogens (tertiary/aromatic N) is 4. The molecule has 0 amide bonds. The first-order valence-corrected chi connectivity index (χ1v) is 17.2. The van der Waals surface area contributed by atoms with Gasteiger partial charge in [0.2, 0.25) is 5.71 Å². The maximum absolute atomic E-state index is 6.37. The number of furan rings is 2. The van der Waals surface area contributed by atoms with Crippen LogP contribution in [0, 0.1) is 0 Å². The molecule has 0 N–H and O–H groups in total. The number of para-hydroxylation sites is 1. The maximum Gasteiger partial charge on any atom is 0.227 e. The van der Waals surface area contributed by atoms with Crippen molar-refractivity contribution in [1.82, 2.24) is 19.9 Å². The van der Waals surface area contributed by atoms with Crippen LogP contribution in [0.4, 0.5) is 0 Å². The molecule has 7 aromatic carbocycles. The van der Waals surface area contributed by atoms with E-state index in [1.807, 2.05) is 66.7 Å². The molecule has 6 nitrogen and oxygen atoms in total. The first kappa shape index (κ1) is 28.6. The van der Waals surface area contributed by atoms with Gasteiger partial charge in [-0.1, -0.05) is 109 Å². The van der Waals surface area contributed by atoms with Gasteiger partial charge in [-0.05, 0) is 69.8 Å². The highest BCUT2D eigenvalue weighted by atomic mass is 16.3. The van der Waals surface area contributed by atoms with E-state index < -0.39 is 0 Å². The molecule has 0 aliphatic heterocycles. The van der Waals surface area contributed by atoms with Crippen molar-refractivity contribution in [3.63, 3.8) is 0 Å². The van der Waals surface area contributed by atoms with E-state index in [1.54, 1.807) is 6.20 Å². The number of pyridine rings is 1. The third kappa shape index (κ3) is 4.44. The Labute approximate surface area is 296 Å². The number of hydrogen-bond donors (Lipinski definition) is 0. The van der Waals surface area contributed by atoms with Crippen LogP contribution in [0.1, 0.15) is 0 Å². The Hall–Kier alpha value is -7.18. The van der Waals surface area contributed by atoms with Gasteiger partial charge < -0.3 is 8.83 Å². The number of aromatic nitrogens is 4. The van der Waals surface area contributed by atoms with Gasteiger partial charge in [0.05, 0.1) is 0 Å². The zero-order valence-electron chi connectivity index (χ0n) is 27.6. The summed E-state index contributed by atoms with van der Waals surface area (Å²) < 4.78 is 12.6. The van der Waals surface area contributed by atoms with Crippen LogP contribution in [-0.4, -0.2) is 19.9 Å². The van der Waals surface area contributed by atoms with Crippen molar-refractivity contribution in [3.05, 3.63) is 158 Å². The second kappa shape index (κ2) is 11.2. The molecule has 11 rings (SSSR count). The van der Waals surface area contributed by atoms with Crippen molar-refractivity contribution in [1.29, 1.82) is 0 Å². The minimum Gasteiger partial charge on any atom is -0.456 e. The molecule has 0 atom stereocenters. The number of benzene rings is 7. The molecular weight excluding hydrogens is 641 g/mol. The largest absolute Gasteiger partial charge is 0.456 e.